The summed E-state index contributed by atoms with van der Waals surface area (Å²) in [6.45, 7) is 13.6. The quantitative estimate of drug-likeness (QED) is 0.742. The Hall–Kier alpha value is -1.26. The second-order valence-corrected chi connectivity index (χ2v) is 8.89. The molecule has 5 heteroatoms. The van der Waals surface area contributed by atoms with Crippen molar-refractivity contribution in [2.45, 2.75) is 84.9 Å². The van der Waals surface area contributed by atoms with Crippen molar-refractivity contribution >= 4 is 12.0 Å². The summed E-state index contributed by atoms with van der Waals surface area (Å²) in [5, 5.41) is 0. The number of rotatable bonds is 1. The second kappa shape index (κ2) is 6.33. The van der Waals surface area contributed by atoms with Gasteiger partial charge in [-0.3, -0.25) is 9.69 Å². The van der Waals surface area contributed by atoms with Crippen LogP contribution in [0.15, 0.2) is 0 Å². The summed E-state index contributed by atoms with van der Waals surface area (Å²) in [5.74, 6) is 0.0973. The van der Waals surface area contributed by atoms with Gasteiger partial charge in [0.1, 0.15) is 11.6 Å². The van der Waals surface area contributed by atoms with E-state index in [1.54, 1.807) is 4.90 Å². The third-order valence-corrected chi connectivity index (χ3v) is 4.69. The highest BCUT2D eigenvalue weighted by atomic mass is 16.6. The summed E-state index contributed by atoms with van der Waals surface area (Å²) in [4.78, 5) is 29.3. The first-order chi connectivity index (χ1) is 10.5. The molecule has 0 unspecified atom stereocenters. The van der Waals surface area contributed by atoms with E-state index in [9.17, 15) is 9.59 Å². The van der Waals surface area contributed by atoms with Crippen LogP contribution in [-0.2, 0) is 9.53 Å². The molecule has 0 radical (unpaired) electrons. The normalized spacial score (nSPS) is 25.8. The van der Waals surface area contributed by atoms with Gasteiger partial charge in [-0.1, -0.05) is 20.8 Å². The summed E-state index contributed by atoms with van der Waals surface area (Å²) in [6.07, 6.45) is 3.36. The first-order valence-electron chi connectivity index (χ1n) is 8.81. The van der Waals surface area contributed by atoms with Gasteiger partial charge in [-0.05, 0) is 51.9 Å². The van der Waals surface area contributed by atoms with Gasteiger partial charge in [0.15, 0.2) is 0 Å². The first kappa shape index (κ1) is 18.1. The first-order valence-corrected chi connectivity index (χ1v) is 8.81. The topological polar surface area (TPSA) is 49.9 Å². The molecule has 0 saturated carbocycles. The molecule has 2 fully saturated rings. The van der Waals surface area contributed by atoms with E-state index in [2.05, 4.69) is 20.8 Å². The van der Waals surface area contributed by atoms with Crippen molar-refractivity contribution in [1.82, 2.24) is 9.80 Å². The van der Waals surface area contributed by atoms with Crippen molar-refractivity contribution in [3.05, 3.63) is 0 Å². The van der Waals surface area contributed by atoms with Gasteiger partial charge < -0.3 is 9.64 Å². The molecule has 0 bridgehead atoms. The molecule has 132 valence electrons. The highest BCUT2D eigenvalue weighted by molar-refractivity contribution is 5.86. The highest BCUT2D eigenvalue weighted by Crippen LogP contribution is 2.38. The lowest BCUT2D eigenvalue weighted by atomic mass is 9.85. The average molecular weight is 324 g/mol. The van der Waals surface area contributed by atoms with E-state index < -0.39 is 5.60 Å². The number of carbonyl (C=O) groups is 2. The van der Waals surface area contributed by atoms with Crippen LogP contribution in [0.1, 0.15) is 67.2 Å². The van der Waals surface area contributed by atoms with E-state index in [1.807, 2.05) is 25.7 Å². The molecule has 2 rings (SSSR count). The van der Waals surface area contributed by atoms with Crippen LogP contribution in [0.2, 0.25) is 0 Å². The summed E-state index contributed by atoms with van der Waals surface area (Å²) in [7, 11) is 0. The number of hydrogen-bond donors (Lipinski definition) is 0. The van der Waals surface area contributed by atoms with Gasteiger partial charge >= 0.3 is 6.09 Å². The van der Waals surface area contributed by atoms with Gasteiger partial charge in [0.2, 0.25) is 5.91 Å². The molecule has 5 nitrogen and oxygen atoms in total. The summed E-state index contributed by atoms with van der Waals surface area (Å²) < 4.78 is 5.61. The predicted octanol–water partition coefficient (Wildman–Crippen LogP) is 3.42. The maximum Gasteiger partial charge on any atom is 0.411 e. The molecule has 0 N–H and O–H groups in total. The van der Waals surface area contributed by atoms with E-state index in [0.717, 1.165) is 38.8 Å². The van der Waals surface area contributed by atoms with Crippen LogP contribution in [0.5, 0.6) is 0 Å². The van der Waals surface area contributed by atoms with E-state index >= 15 is 0 Å². The molecule has 0 aromatic heterocycles. The molecule has 2 amide bonds. The van der Waals surface area contributed by atoms with Gasteiger partial charge in [-0.15, -0.1) is 0 Å². The Labute approximate surface area is 140 Å². The third kappa shape index (κ3) is 4.18. The maximum absolute atomic E-state index is 12.9. The molecular weight excluding hydrogens is 292 g/mol. The summed E-state index contributed by atoms with van der Waals surface area (Å²) in [6, 6.07) is -0.332. The van der Waals surface area contributed by atoms with Crippen molar-refractivity contribution < 1.29 is 14.3 Å². The minimum atomic E-state index is -0.552. The van der Waals surface area contributed by atoms with Crippen molar-refractivity contribution in [2.75, 3.05) is 13.1 Å². The molecular formula is C18H32N2O3. The van der Waals surface area contributed by atoms with E-state index in [0.29, 0.717) is 0 Å². The van der Waals surface area contributed by atoms with Crippen molar-refractivity contribution in [3.63, 3.8) is 0 Å². The highest BCUT2D eigenvalue weighted by Gasteiger charge is 2.48. The Balaban J connectivity index is 2.22. The minimum absolute atomic E-state index is 0.0360. The number of hydrogen-bond acceptors (Lipinski definition) is 3. The third-order valence-electron chi connectivity index (χ3n) is 4.69. The fourth-order valence-corrected chi connectivity index (χ4v) is 3.62. The zero-order valence-electron chi connectivity index (χ0n) is 15.5. The van der Waals surface area contributed by atoms with Crippen LogP contribution >= 0.6 is 0 Å². The summed E-state index contributed by atoms with van der Waals surface area (Å²) >= 11 is 0. The summed E-state index contributed by atoms with van der Waals surface area (Å²) in [5.41, 5.74) is -0.625. The lowest BCUT2D eigenvalue weighted by Crippen LogP contribution is -2.53. The second-order valence-electron chi connectivity index (χ2n) is 8.89. The molecule has 2 atom stereocenters. The van der Waals surface area contributed by atoms with Gasteiger partial charge in [0.25, 0.3) is 0 Å². The van der Waals surface area contributed by atoms with Gasteiger partial charge in [0.05, 0.1) is 0 Å². The molecule has 0 aliphatic carbocycles. The molecule has 0 aromatic rings. The van der Waals surface area contributed by atoms with Gasteiger partial charge in [0, 0.05) is 19.1 Å². The van der Waals surface area contributed by atoms with E-state index in [-0.39, 0.29) is 29.5 Å². The van der Waals surface area contributed by atoms with Gasteiger partial charge in [-0.25, -0.2) is 4.79 Å². The minimum Gasteiger partial charge on any atom is -0.444 e. The zero-order valence-corrected chi connectivity index (χ0v) is 15.5. The molecule has 2 saturated heterocycles. The zero-order chi connectivity index (χ0) is 17.4. The van der Waals surface area contributed by atoms with Crippen LogP contribution < -0.4 is 0 Å². The van der Waals surface area contributed by atoms with Crippen LogP contribution in [-0.4, -0.2) is 52.6 Å². The number of ether oxygens (including phenoxy) is 1. The van der Waals surface area contributed by atoms with Crippen molar-refractivity contribution in [3.8, 4) is 0 Å². The molecule has 0 spiro atoms. The molecule has 2 aliphatic heterocycles. The Morgan fingerprint density at radius 1 is 0.957 bits per heavy atom. The Morgan fingerprint density at radius 3 is 2.00 bits per heavy atom. The van der Waals surface area contributed by atoms with E-state index in [4.69, 9.17) is 4.74 Å². The maximum atomic E-state index is 12.9. The largest absolute Gasteiger partial charge is 0.444 e. The van der Waals surface area contributed by atoms with Crippen molar-refractivity contribution in [2.24, 2.45) is 5.41 Å². The van der Waals surface area contributed by atoms with E-state index in [1.165, 1.54) is 0 Å². The van der Waals surface area contributed by atoms with Crippen LogP contribution in [0.4, 0.5) is 4.79 Å². The Kier molecular flexibility index (Phi) is 4.97. The number of carbonyl (C=O) groups excluding carboxylic acids is 2. The number of likely N-dealkylation sites (tertiary alicyclic amines) is 2. The standard InChI is InChI=1S/C18H32N2O3/c1-17(2,3)14-10-9-13(15(21)19-11-7-8-12-19)20(14)16(22)23-18(4,5)6/h13-14H,7-12H2,1-6H3/t13-,14-/m0/s1. The smallest absolute Gasteiger partial charge is 0.411 e. The SMILES string of the molecule is CC(C)(C)OC(=O)N1[C@H](C(C)(C)C)CC[C@H]1C(=O)N1CCCC1. The molecule has 2 heterocycles. The number of nitrogens with zero attached hydrogens (tertiary/aromatic N) is 2. The average Bonchev–Trinajstić information content (AvgIpc) is 3.04. The lowest BCUT2D eigenvalue weighted by molar-refractivity contribution is -0.135. The molecule has 0 aromatic carbocycles. The monoisotopic (exact) mass is 324 g/mol. The Morgan fingerprint density at radius 2 is 1.52 bits per heavy atom. The molecule has 2 aliphatic rings. The Bertz CT molecular complexity index is 456. The van der Waals surface area contributed by atoms with Gasteiger partial charge in [-0.2, -0.15) is 0 Å². The van der Waals surface area contributed by atoms with Crippen LogP contribution in [0, 0.1) is 5.41 Å². The fourth-order valence-electron chi connectivity index (χ4n) is 3.62. The lowest BCUT2D eigenvalue weighted by Gasteiger charge is -2.38. The number of amides is 2. The van der Waals surface area contributed by atoms with Crippen LogP contribution in [0.25, 0.3) is 0 Å². The molecule has 23 heavy (non-hydrogen) atoms. The predicted molar refractivity (Wildman–Crippen MR) is 90.2 cm³/mol. The van der Waals surface area contributed by atoms with Crippen molar-refractivity contribution in [1.29, 1.82) is 0 Å². The van der Waals surface area contributed by atoms with Crippen LogP contribution in [0.3, 0.4) is 0 Å². The fraction of sp³-hybridized carbons (Fsp3) is 0.889.